The fourth-order valence-corrected chi connectivity index (χ4v) is 5.29. The largest absolute Gasteiger partial charge is 0.366 e. The van der Waals surface area contributed by atoms with E-state index >= 15 is 0 Å². The summed E-state index contributed by atoms with van der Waals surface area (Å²) in [6.45, 7) is -0.598. The van der Waals surface area contributed by atoms with E-state index in [0.29, 0.717) is 23.6 Å². The van der Waals surface area contributed by atoms with Crippen molar-refractivity contribution in [3.8, 4) is 11.1 Å². The van der Waals surface area contributed by atoms with Gasteiger partial charge in [-0.15, -0.1) is 0 Å². The maximum atomic E-state index is 14.2. The zero-order chi connectivity index (χ0) is 30.8. The number of primary amides is 1. The fraction of sp³-hybridized carbons (Fsp3) is 0.233. The van der Waals surface area contributed by atoms with Crippen LogP contribution in [0.25, 0.3) is 11.1 Å². The maximum absolute atomic E-state index is 14.2. The van der Waals surface area contributed by atoms with Gasteiger partial charge < -0.3 is 11.1 Å². The number of aromatic nitrogens is 3. The molecule has 0 unspecified atom stereocenters. The SMILES string of the molecule is NC(=O)c1cc(-c2cccnc2[C@H](Cc2cc(F)cc(F)c2)NC(=O)Cn2nc(C(F)F)c3c2C(=O)CCC3)ccc1F. The van der Waals surface area contributed by atoms with Gasteiger partial charge in [0.15, 0.2) is 5.78 Å². The number of carbonyl (C=O) groups excluding carboxylic acids is 3. The van der Waals surface area contributed by atoms with Crippen LogP contribution in [0, 0.1) is 17.5 Å². The normalized spacial score (nSPS) is 13.6. The Balaban J connectivity index is 1.53. The summed E-state index contributed by atoms with van der Waals surface area (Å²) in [6, 6.07) is 8.54. The molecule has 1 atom stereocenters. The van der Waals surface area contributed by atoms with Gasteiger partial charge in [-0.25, -0.2) is 22.0 Å². The van der Waals surface area contributed by atoms with Crippen molar-refractivity contribution < 1.29 is 36.3 Å². The molecule has 0 bridgehead atoms. The number of hydrogen-bond acceptors (Lipinski definition) is 5. The summed E-state index contributed by atoms with van der Waals surface area (Å²) in [5, 5.41) is 6.58. The molecule has 43 heavy (non-hydrogen) atoms. The highest BCUT2D eigenvalue weighted by molar-refractivity contribution is 5.97. The Labute approximate surface area is 241 Å². The summed E-state index contributed by atoms with van der Waals surface area (Å²) in [5.41, 5.74) is 5.43. The first-order valence-electron chi connectivity index (χ1n) is 13.2. The van der Waals surface area contributed by atoms with Crippen molar-refractivity contribution in [1.29, 1.82) is 0 Å². The minimum Gasteiger partial charge on any atom is -0.366 e. The van der Waals surface area contributed by atoms with E-state index in [0.717, 1.165) is 22.9 Å². The van der Waals surface area contributed by atoms with Crippen LogP contribution in [-0.4, -0.2) is 32.4 Å². The highest BCUT2D eigenvalue weighted by Crippen LogP contribution is 2.32. The van der Waals surface area contributed by atoms with Gasteiger partial charge in [-0.2, -0.15) is 5.10 Å². The standard InChI is InChI=1S/C30H24F5N5O3/c31-17-9-15(10-18(32)13-17)11-23(26-19(4-2-8-37-26)16-6-7-22(33)21(12-16)30(36)43)38-25(42)14-40-28-20(3-1-5-24(28)41)27(39-40)29(34)35/h2,4,6-10,12-13,23,29H,1,3,5,11,14H2,(H2,36,43)(H,38,42)/t23-/m0/s1. The van der Waals surface area contributed by atoms with Gasteiger partial charge in [-0.05, 0) is 60.7 Å². The predicted octanol–water partition coefficient (Wildman–Crippen LogP) is 5.02. The molecule has 0 radical (unpaired) electrons. The number of ketones is 1. The van der Waals surface area contributed by atoms with Gasteiger partial charge in [-0.1, -0.05) is 12.1 Å². The van der Waals surface area contributed by atoms with Crippen LogP contribution >= 0.6 is 0 Å². The highest BCUT2D eigenvalue weighted by Gasteiger charge is 2.31. The first kappa shape index (κ1) is 29.5. The van der Waals surface area contributed by atoms with Crippen molar-refractivity contribution in [2.24, 2.45) is 5.73 Å². The number of amides is 2. The lowest BCUT2D eigenvalue weighted by Gasteiger charge is -2.22. The van der Waals surface area contributed by atoms with Crippen LogP contribution in [0.2, 0.25) is 0 Å². The van der Waals surface area contributed by atoms with Gasteiger partial charge >= 0.3 is 0 Å². The molecule has 2 heterocycles. The Morgan fingerprint density at radius 3 is 2.44 bits per heavy atom. The lowest BCUT2D eigenvalue weighted by atomic mass is 9.94. The number of halogens is 5. The molecule has 222 valence electrons. The molecule has 0 saturated carbocycles. The molecule has 2 aromatic heterocycles. The number of pyridine rings is 1. The Hall–Kier alpha value is -4.94. The number of rotatable bonds is 9. The second-order valence-corrected chi connectivity index (χ2v) is 10.0. The van der Waals surface area contributed by atoms with Crippen LogP contribution in [0.4, 0.5) is 22.0 Å². The summed E-state index contributed by atoms with van der Waals surface area (Å²) >= 11 is 0. The van der Waals surface area contributed by atoms with Crippen LogP contribution < -0.4 is 11.1 Å². The number of nitrogens with one attached hydrogen (secondary N) is 1. The van der Waals surface area contributed by atoms with Crippen LogP contribution in [0.5, 0.6) is 0 Å². The minimum absolute atomic E-state index is 0.0516. The van der Waals surface area contributed by atoms with Crippen LogP contribution in [0.15, 0.2) is 54.7 Å². The smallest absolute Gasteiger partial charge is 0.282 e. The molecule has 0 spiro atoms. The Morgan fingerprint density at radius 1 is 1.00 bits per heavy atom. The third kappa shape index (κ3) is 6.30. The van der Waals surface area contributed by atoms with E-state index in [9.17, 15) is 36.3 Å². The third-order valence-corrected chi connectivity index (χ3v) is 7.09. The summed E-state index contributed by atoms with van der Waals surface area (Å²) < 4.78 is 70.6. The number of carbonyl (C=O) groups is 3. The molecule has 2 aromatic carbocycles. The second kappa shape index (κ2) is 12.1. The molecule has 0 fully saturated rings. The van der Waals surface area contributed by atoms with Gasteiger partial charge in [0.05, 0.1) is 17.3 Å². The molecule has 0 saturated heterocycles. The number of hydrogen-bond donors (Lipinski definition) is 2. The van der Waals surface area contributed by atoms with Gasteiger partial charge in [0.25, 0.3) is 12.3 Å². The topological polar surface area (TPSA) is 120 Å². The maximum Gasteiger partial charge on any atom is 0.282 e. The van der Waals surface area contributed by atoms with Gasteiger partial charge in [0.2, 0.25) is 5.91 Å². The Bertz CT molecular complexity index is 1720. The van der Waals surface area contributed by atoms with Crippen molar-refractivity contribution in [1.82, 2.24) is 20.1 Å². The first-order chi connectivity index (χ1) is 20.5. The molecule has 4 aromatic rings. The molecular formula is C30H24F5N5O3. The lowest BCUT2D eigenvalue weighted by molar-refractivity contribution is -0.122. The molecule has 1 aliphatic rings. The summed E-state index contributed by atoms with van der Waals surface area (Å²) in [7, 11) is 0. The van der Waals surface area contributed by atoms with Crippen molar-refractivity contribution in [2.75, 3.05) is 0 Å². The Kier molecular flexibility index (Phi) is 8.33. The number of alkyl halides is 2. The molecular weight excluding hydrogens is 573 g/mol. The van der Waals surface area contributed by atoms with Gasteiger partial charge in [0.1, 0.15) is 35.4 Å². The van der Waals surface area contributed by atoms with E-state index in [2.05, 4.69) is 15.4 Å². The molecule has 0 aliphatic heterocycles. The predicted molar refractivity (Wildman–Crippen MR) is 144 cm³/mol. The van der Waals surface area contributed by atoms with Gasteiger partial charge in [0, 0.05) is 29.8 Å². The number of Topliss-reactive ketones (excluding diaryl/α,β-unsaturated/α-hetero) is 1. The average Bonchev–Trinajstić information content (AvgIpc) is 3.32. The van der Waals surface area contributed by atoms with E-state index in [1.807, 2.05) is 0 Å². The zero-order valence-corrected chi connectivity index (χ0v) is 22.4. The van der Waals surface area contributed by atoms with Crippen molar-refractivity contribution in [3.05, 3.63) is 106 Å². The lowest BCUT2D eigenvalue weighted by Crippen LogP contribution is -2.34. The molecule has 13 heteroatoms. The third-order valence-electron chi connectivity index (χ3n) is 7.09. The average molecular weight is 598 g/mol. The fourth-order valence-electron chi connectivity index (χ4n) is 5.29. The Morgan fingerprint density at radius 2 is 1.74 bits per heavy atom. The molecule has 5 rings (SSSR count). The molecule has 3 N–H and O–H groups in total. The number of nitrogens with zero attached hydrogens (tertiary/aromatic N) is 3. The first-order valence-corrected chi connectivity index (χ1v) is 13.2. The summed E-state index contributed by atoms with van der Waals surface area (Å²) in [4.78, 5) is 42.1. The zero-order valence-electron chi connectivity index (χ0n) is 22.4. The summed E-state index contributed by atoms with van der Waals surface area (Å²) in [6.07, 6.45) is -0.986. The van der Waals surface area contributed by atoms with Crippen molar-refractivity contribution in [2.45, 2.75) is 44.7 Å². The van der Waals surface area contributed by atoms with E-state index in [1.165, 1.54) is 18.3 Å². The van der Waals surface area contributed by atoms with E-state index in [4.69, 9.17) is 5.73 Å². The monoisotopic (exact) mass is 597 g/mol. The quantitative estimate of drug-likeness (QED) is 0.263. The molecule has 2 amide bonds. The summed E-state index contributed by atoms with van der Waals surface area (Å²) in [5.74, 6) is -4.72. The number of benzene rings is 2. The second-order valence-electron chi connectivity index (χ2n) is 10.0. The number of nitrogens with two attached hydrogens (primary N) is 1. The van der Waals surface area contributed by atoms with E-state index in [1.54, 1.807) is 12.1 Å². The highest BCUT2D eigenvalue weighted by atomic mass is 19.3. The molecule has 8 nitrogen and oxygen atoms in total. The van der Waals surface area contributed by atoms with Crippen molar-refractivity contribution in [3.63, 3.8) is 0 Å². The van der Waals surface area contributed by atoms with Crippen LogP contribution in [0.1, 0.15) is 68.7 Å². The van der Waals surface area contributed by atoms with Crippen molar-refractivity contribution >= 4 is 17.6 Å². The van der Waals surface area contributed by atoms with E-state index in [-0.39, 0.29) is 47.3 Å². The van der Waals surface area contributed by atoms with E-state index < -0.39 is 59.8 Å². The van der Waals surface area contributed by atoms with Crippen LogP contribution in [0.3, 0.4) is 0 Å². The van der Waals surface area contributed by atoms with Gasteiger partial charge in [-0.3, -0.25) is 24.0 Å². The number of fused-ring (bicyclic) bond motifs is 1. The van der Waals surface area contributed by atoms with Crippen LogP contribution in [-0.2, 0) is 24.2 Å². The minimum atomic E-state index is -2.95. The molecule has 1 aliphatic carbocycles.